The first-order valence-corrected chi connectivity index (χ1v) is 5.20. The fourth-order valence-corrected chi connectivity index (χ4v) is 0.973. The van der Waals surface area contributed by atoms with Crippen LogP contribution in [0, 0.1) is 0 Å². The molecular weight excluding hydrogens is 274 g/mol. The van der Waals surface area contributed by atoms with Gasteiger partial charge in [0.2, 0.25) is 0 Å². The number of hydrogen-bond donors (Lipinski definition) is 0. The lowest BCUT2D eigenvalue weighted by Crippen LogP contribution is -1.98. The van der Waals surface area contributed by atoms with Gasteiger partial charge in [0, 0.05) is 6.42 Å². The van der Waals surface area contributed by atoms with Crippen molar-refractivity contribution in [2.75, 3.05) is 11.5 Å². The molecule has 0 aromatic rings. The summed E-state index contributed by atoms with van der Waals surface area (Å²) >= 11 is 1.95. The summed E-state index contributed by atoms with van der Waals surface area (Å²) in [5.41, 5.74) is 0. The Hall–Kier alpha value is -0.130. The van der Waals surface area contributed by atoms with Crippen molar-refractivity contribution in [3.05, 3.63) is 11.9 Å². The van der Waals surface area contributed by atoms with E-state index in [0.29, 0.717) is 23.7 Å². The van der Waals surface area contributed by atoms with Gasteiger partial charge in [-0.15, -0.1) is 0 Å². The standard InChI is InChI=1S/C8H12FIO2/c1-12-8(11)5-3-2-4-7(9)6-10/h4H,2-3,5-6H2,1H3. The Morgan fingerprint density at radius 1 is 1.67 bits per heavy atom. The summed E-state index contributed by atoms with van der Waals surface area (Å²) in [6, 6.07) is 0. The molecule has 0 atom stereocenters. The zero-order valence-electron chi connectivity index (χ0n) is 6.98. The zero-order chi connectivity index (χ0) is 9.40. The van der Waals surface area contributed by atoms with Crippen LogP contribution in [0.1, 0.15) is 19.3 Å². The van der Waals surface area contributed by atoms with Crippen LogP contribution in [0.3, 0.4) is 0 Å². The van der Waals surface area contributed by atoms with E-state index in [9.17, 15) is 9.18 Å². The van der Waals surface area contributed by atoms with Gasteiger partial charge in [0.25, 0.3) is 0 Å². The Balaban J connectivity index is 3.38. The van der Waals surface area contributed by atoms with Crippen molar-refractivity contribution >= 4 is 28.6 Å². The third-order valence-electron chi connectivity index (χ3n) is 1.31. The summed E-state index contributed by atoms with van der Waals surface area (Å²) in [6.45, 7) is 0. The maximum absolute atomic E-state index is 12.5. The van der Waals surface area contributed by atoms with Crippen LogP contribution >= 0.6 is 22.6 Å². The molecular formula is C8H12FIO2. The van der Waals surface area contributed by atoms with Gasteiger partial charge in [-0.1, -0.05) is 28.7 Å². The van der Waals surface area contributed by atoms with Gasteiger partial charge in [-0.25, -0.2) is 4.39 Å². The Bertz CT molecular complexity index is 168. The predicted molar refractivity (Wildman–Crippen MR) is 53.9 cm³/mol. The number of hydrogen-bond acceptors (Lipinski definition) is 2. The number of esters is 1. The molecule has 0 aliphatic carbocycles. The Morgan fingerprint density at radius 2 is 2.33 bits per heavy atom. The molecule has 0 saturated heterocycles. The zero-order valence-corrected chi connectivity index (χ0v) is 9.14. The van der Waals surface area contributed by atoms with E-state index >= 15 is 0 Å². The number of carbonyl (C=O) groups is 1. The van der Waals surface area contributed by atoms with Crippen LogP contribution in [0.2, 0.25) is 0 Å². The highest BCUT2D eigenvalue weighted by Crippen LogP contribution is 2.06. The van der Waals surface area contributed by atoms with Gasteiger partial charge in [-0.3, -0.25) is 4.79 Å². The number of carbonyl (C=O) groups excluding carboxylic acids is 1. The first-order valence-electron chi connectivity index (χ1n) is 3.68. The summed E-state index contributed by atoms with van der Waals surface area (Å²) in [5, 5.41) is 0. The van der Waals surface area contributed by atoms with Crippen LogP contribution in [0.5, 0.6) is 0 Å². The van der Waals surface area contributed by atoms with E-state index in [-0.39, 0.29) is 11.8 Å². The molecule has 0 aliphatic rings. The molecule has 0 amide bonds. The third kappa shape index (κ3) is 6.57. The summed E-state index contributed by atoms with van der Waals surface area (Å²) in [7, 11) is 1.35. The second-order valence-electron chi connectivity index (χ2n) is 2.25. The second-order valence-corrected chi connectivity index (χ2v) is 3.02. The van der Waals surface area contributed by atoms with Crippen molar-refractivity contribution in [3.8, 4) is 0 Å². The van der Waals surface area contributed by atoms with Crippen LogP contribution < -0.4 is 0 Å². The molecule has 0 saturated carbocycles. The van der Waals surface area contributed by atoms with Crippen LogP contribution in [0.25, 0.3) is 0 Å². The van der Waals surface area contributed by atoms with Crippen LogP contribution in [0.15, 0.2) is 11.9 Å². The number of rotatable bonds is 5. The molecule has 12 heavy (non-hydrogen) atoms. The largest absolute Gasteiger partial charge is 0.469 e. The lowest BCUT2D eigenvalue weighted by molar-refractivity contribution is -0.140. The molecule has 70 valence electrons. The van der Waals surface area contributed by atoms with Crippen molar-refractivity contribution in [2.24, 2.45) is 0 Å². The highest BCUT2D eigenvalue weighted by atomic mass is 127. The fraction of sp³-hybridized carbons (Fsp3) is 0.625. The first-order chi connectivity index (χ1) is 5.70. The second kappa shape index (κ2) is 7.52. The van der Waals surface area contributed by atoms with Gasteiger partial charge in [0.1, 0.15) is 5.83 Å². The molecule has 0 fully saturated rings. The van der Waals surface area contributed by atoms with Gasteiger partial charge < -0.3 is 4.74 Å². The maximum atomic E-state index is 12.5. The van der Waals surface area contributed by atoms with E-state index in [1.165, 1.54) is 13.2 Å². The van der Waals surface area contributed by atoms with E-state index in [1.807, 2.05) is 22.6 Å². The average molecular weight is 286 g/mol. The minimum absolute atomic E-state index is 0.125. The van der Waals surface area contributed by atoms with Crippen molar-refractivity contribution in [1.29, 1.82) is 0 Å². The Labute approximate surface area is 85.3 Å². The summed E-state index contributed by atoms with van der Waals surface area (Å²) in [6.07, 6.45) is 3.12. The van der Waals surface area contributed by atoms with Crippen molar-refractivity contribution in [2.45, 2.75) is 19.3 Å². The molecule has 0 heterocycles. The lowest BCUT2D eigenvalue weighted by Gasteiger charge is -1.95. The Morgan fingerprint density at radius 3 is 2.83 bits per heavy atom. The minimum Gasteiger partial charge on any atom is -0.469 e. The van der Waals surface area contributed by atoms with Crippen molar-refractivity contribution in [1.82, 2.24) is 0 Å². The van der Waals surface area contributed by atoms with E-state index in [2.05, 4.69) is 4.74 Å². The number of ether oxygens (including phenoxy) is 1. The van der Waals surface area contributed by atoms with Gasteiger partial charge in [0.15, 0.2) is 0 Å². The highest BCUT2D eigenvalue weighted by Gasteiger charge is 1.98. The van der Waals surface area contributed by atoms with Crippen LogP contribution in [-0.2, 0) is 9.53 Å². The monoisotopic (exact) mass is 286 g/mol. The molecule has 0 aliphatic heterocycles. The number of methoxy groups -OCH3 is 1. The smallest absolute Gasteiger partial charge is 0.305 e. The molecule has 0 rings (SSSR count). The molecule has 0 radical (unpaired) electrons. The molecule has 0 aromatic heterocycles. The normalized spacial score (nSPS) is 11.4. The highest BCUT2D eigenvalue weighted by molar-refractivity contribution is 14.1. The fourth-order valence-electron chi connectivity index (χ4n) is 0.662. The molecule has 4 heteroatoms. The van der Waals surface area contributed by atoms with Crippen molar-refractivity contribution in [3.63, 3.8) is 0 Å². The Kier molecular flexibility index (Phi) is 7.43. The molecule has 0 aromatic carbocycles. The molecule has 0 N–H and O–H groups in total. The van der Waals surface area contributed by atoms with Gasteiger partial charge in [-0.05, 0) is 12.8 Å². The molecule has 2 nitrogen and oxygen atoms in total. The van der Waals surface area contributed by atoms with E-state index in [4.69, 9.17) is 0 Å². The number of allylic oxidation sites excluding steroid dienone is 2. The summed E-state index contributed by atoms with van der Waals surface area (Å²) in [5.74, 6) is -0.362. The molecule has 0 bridgehead atoms. The number of alkyl halides is 1. The number of halogens is 2. The number of unbranched alkanes of at least 4 members (excludes halogenated alkanes) is 1. The first kappa shape index (κ1) is 11.9. The van der Waals surface area contributed by atoms with E-state index in [0.717, 1.165) is 0 Å². The molecule has 0 unspecified atom stereocenters. The van der Waals surface area contributed by atoms with Crippen molar-refractivity contribution < 1.29 is 13.9 Å². The molecule has 0 spiro atoms. The van der Waals surface area contributed by atoms with E-state index in [1.54, 1.807) is 0 Å². The van der Waals surface area contributed by atoms with Crippen LogP contribution in [0.4, 0.5) is 4.39 Å². The van der Waals surface area contributed by atoms with Gasteiger partial charge in [0.05, 0.1) is 11.5 Å². The third-order valence-corrected chi connectivity index (χ3v) is 2.03. The summed E-state index contributed by atoms with van der Waals surface area (Å²) < 4.78 is 17.3. The minimum atomic E-state index is -0.238. The van der Waals surface area contributed by atoms with Gasteiger partial charge >= 0.3 is 5.97 Å². The summed E-state index contributed by atoms with van der Waals surface area (Å²) in [4.78, 5) is 10.6. The topological polar surface area (TPSA) is 26.3 Å². The van der Waals surface area contributed by atoms with E-state index < -0.39 is 0 Å². The lowest BCUT2D eigenvalue weighted by atomic mass is 10.2. The predicted octanol–water partition coefficient (Wildman–Crippen LogP) is 2.62. The van der Waals surface area contributed by atoms with Crippen LogP contribution in [-0.4, -0.2) is 17.5 Å². The quantitative estimate of drug-likeness (QED) is 0.336. The van der Waals surface area contributed by atoms with Gasteiger partial charge in [-0.2, -0.15) is 0 Å². The maximum Gasteiger partial charge on any atom is 0.305 e. The average Bonchev–Trinajstić information content (AvgIpc) is 2.11. The SMILES string of the molecule is COC(=O)CCCC=C(F)CI.